The molecule has 2 aromatic carbocycles. The molecule has 6 heteroatoms. The summed E-state index contributed by atoms with van der Waals surface area (Å²) in [6.07, 6.45) is 7.54. The number of nitrogens with zero attached hydrogens (tertiary/aromatic N) is 1. The van der Waals surface area contributed by atoms with Crippen molar-refractivity contribution in [3.05, 3.63) is 64.1 Å². The molecule has 2 N–H and O–H groups in total. The van der Waals surface area contributed by atoms with Crippen LogP contribution < -0.4 is 10.6 Å². The summed E-state index contributed by atoms with van der Waals surface area (Å²) < 4.78 is 1.07. The molecule has 1 aliphatic carbocycles. The second-order valence-corrected chi connectivity index (χ2v) is 9.96. The lowest BCUT2D eigenvalue weighted by Crippen LogP contribution is -2.40. The molecule has 1 saturated carbocycles. The van der Waals surface area contributed by atoms with E-state index < -0.39 is 0 Å². The van der Waals surface area contributed by atoms with Crippen LogP contribution in [0.2, 0.25) is 0 Å². The highest BCUT2D eigenvalue weighted by molar-refractivity contribution is 9.10. The van der Waals surface area contributed by atoms with Crippen molar-refractivity contribution < 1.29 is 9.59 Å². The molecule has 2 amide bonds. The third-order valence-electron chi connectivity index (χ3n) is 6.57. The highest BCUT2D eigenvalue weighted by Gasteiger charge is 2.27. The largest absolute Gasteiger partial charge is 0.349 e. The molecule has 1 atom stereocenters. The molecule has 0 bridgehead atoms. The van der Waals surface area contributed by atoms with Gasteiger partial charge in [-0.05, 0) is 62.1 Å². The third kappa shape index (κ3) is 6.20. The Hall–Kier alpha value is -2.18. The van der Waals surface area contributed by atoms with Crippen molar-refractivity contribution in [2.75, 3.05) is 18.4 Å². The number of carbonyl (C=O) groups excluding carboxylic acids is 2. The topological polar surface area (TPSA) is 61.4 Å². The molecule has 0 radical (unpaired) electrons. The van der Waals surface area contributed by atoms with Crippen molar-refractivity contribution in [2.45, 2.75) is 57.5 Å². The zero-order valence-electron chi connectivity index (χ0n) is 18.5. The molecule has 1 saturated heterocycles. The summed E-state index contributed by atoms with van der Waals surface area (Å²) in [5.74, 6) is -0.162. The maximum absolute atomic E-state index is 13.1. The average molecular weight is 498 g/mol. The van der Waals surface area contributed by atoms with E-state index in [0.29, 0.717) is 11.3 Å². The van der Waals surface area contributed by atoms with Gasteiger partial charge in [-0.1, -0.05) is 59.5 Å². The summed E-state index contributed by atoms with van der Waals surface area (Å²) in [6.45, 7) is 2.58. The van der Waals surface area contributed by atoms with Gasteiger partial charge in [0.2, 0.25) is 5.91 Å². The van der Waals surface area contributed by atoms with Gasteiger partial charge in [0.05, 0.1) is 17.2 Å². The Bertz CT molecular complexity index is 925. The molecule has 0 aromatic heterocycles. The van der Waals surface area contributed by atoms with Crippen LogP contribution in [0.5, 0.6) is 0 Å². The predicted molar refractivity (Wildman–Crippen MR) is 132 cm³/mol. The van der Waals surface area contributed by atoms with E-state index in [9.17, 15) is 9.59 Å². The van der Waals surface area contributed by atoms with E-state index in [1.807, 2.05) is 18.2 Å². The minimum atomic E-state index is -0.0895. The number of likely N-dealkylation sites (tertiary alicyclic amines) is 1. The van der Waals surface area contributed by atoms with Crippen molar-refractivity contribution in [2.24, 2.45) is 5.92 Å². The second kappa shape index (κ2) is 11.1. The molecular formula is C26H32BrN3O2. The van der Waals surface area contributed by atoms with Crippen LogP contribution in [-0.4, -0.2) is 35.8 Å². The summed E-state index contributed by atoms with van der Waals surface area (Å²) in [5, 5.41) is 6.22. The predicted octanol–water partition coefficient (Wildman–Crippen LogP) is 5.36. The van der Waals surface area contributed by atoms with Crippen LogP contribution in [0, 0.1) is 5.92 Å². The summed E-state index contributed by atoms with van der Waals surface area (Å²) in [6, 6.07) is 15.9. The molecule has 4 rings (SSSR count). The lowest BCUT2D eigenvalue weighted by molar-refractivity contribution is -0.121. The summed E-state index contributed by atoms with van der Waals surface area (Å²) >= 11 is 3.48. The minimum Gasteiger partial charge on any atom is -0.349 e. The molecule has 170 valence electrons. The van der Waals surface area contributed by atoms with Crippen molar-refractivity contribution in [1.82, 2.24) is 10.2 Å². The molecule has 1 heterocycles. The van der Waals surface area contributed by atoms with Crippen LogP contribution in [0.4, 0.5) is 5.69 Å². The van der Waals surface area contributed by atoms with Crippen molar-refractivity contribution in [1.29, 1.82) is 0 Å². The summed E-state index contributed by atoms with van der Waals surface area (Å²) in [7, 11) is 0. The summed E-state index contributed by atoms with van der Waals surface area (Å²) in [5.41, 5.74) is 2.41. The van der Waals surface area contributed by atoms with Crippen LogP contribution >= 0.6 is 15.9 Å². The van der Waals surface area contributed by atoms with E-state index in [-0.39, 0.29) is 23.8 Å². The zero-order valence-corrected chi connectivity index (χ0v) is 20.1. The van der Waals surface area contributed by atoms with Gasteiger partial charge < -0.3 is 10.6 Å². The Kier molecular flexibility index (Phi) is 7.98. The number of amides is 2. The second-order valence-electron chi connectivity index (χ2n) is 9.04. The van der Waals surface area contributed by atoms with Gasteiger partial charge in [-0.25, -0.2) is 0 Å². The number of anilines is 1. The van der Waals surface area contributed by atoms with Gasteiger partial charge in [0.25, 0.3) is 5.91 Å². The molecule has 32 heavy (non-hydrogen) atoms. The first-order valence-corrected chi connectivity index (χ1v) is 12.6. The Labute approximate surface area is 199 Å². The van der Waals surface area contributed by atoms with Crippen LogP contribution in [-0.2, 0) is 11.3 Å². The molecule has 2 fully saturated rings. The molecule has 2 aromatic rings. The van der Waals surface area contributed by atoms with Gasteiger partial charge in [-0.2, -0.15) is 0 Å². The lowest BCUT2D eigenvalue weighted by atomic mass is 9.95. The van der Waals surface area contributed by atoms with E-state index in [4.69, 9.17) is 0 Å². The van der Waals surface area contributed by atoms with Crippen LogP contribution in [0.15, 0.2) is 53.0 Å². The van der Waals surface area contributed by atoms with Crippen LogP contribution in [0.1, 0.15) is 60.9 Å². The fourth-order valence-electron chi connectivity index (χ4n) is 4.80. The van der Waals surface area contributed by atoms with E-state index in [1.165, 1.54) is 24.8 Å². The quantitative estimate of drug-likeness (QED) is 0.564. The number of carbonyl (C=O) groups is 2. The van der Waals surface area contributed by atoms with Crippen molar-refractivity contribution in [3.63, 3.8) is 0 Å². The number of hydrogen-bond acceptors (Lipinski definition) is 3. The molecule has 1 unspecified atom stereocenters. The number of halogens is 1. The number of hydrogen-bond donors (Lipinski definition) is 2. The van der Waals surface area contributed by atoms with Gasteiger partial charge in [-0.15, -0.1) is 0 Å². The molecule has 1 aliphatic heterocycles. The van der Waals surface area contributed by atoms with E-state index in [1.54, 1.807) is 6.07 Å². The average Bonchev–Trinajstić information content (AvgIpc) is 2.82. The number of piperidine rings is 1. The third-order valence-corrected chi connectivity index (χ3v) is 7.09. The van der Waals surface area contributed by atoms with Gasteiger partial charge in [0, 0.05) is 23.6 Å². The first kappa shape index (κ1) is 23.0. The Morgan fingerprint density at radius 3 is 2.47 bits per heavy atom. The molecule has 2 aliphatic rings. The first-order chi connectivity index (χ1) is 15.6. The lowest BCUT2D eigenvalue weighted by Gasteiger charge is -2.32. The maximum atomic E-state index is 13.1. The molecule has 5 nitrogen and oxygen atoms in total. The van der Waals surface area contributed by atoms with Gasteiger partial charge in [0.1, 0.15) is 0 Å². The van der Waals surface area contributed by atoms with E-state index >= 15 is 0 Å². The maximum Gasteiger partial charge on any atom is 0.253 e. The molecular weight excluding hydrogens is 466 g/mol. The number of rotatable bonds is 6. The van der Waals surface area contributed by atoms with Crippen molar-refractivity contribution >= 4 is 33.4 Å². The first-order valence-electron chi connectivity index (χ1n) is 11.8. The Morgan fingerprint density at radius 2 is 1.69 bits per heavy atom. The Morgan fingerprint density at radius 1 is 0.938 bits per heavy atom. The number of para-hydroxylation sites is 1. The smallest absolute Gasteiger partial charge is 0.253 e. The van der Waals surface area contributed by atoms with Gasteiger partial charge in [0.15, 0.2) is 0 Å². The normalized spacial score (nSPS) is 20.0. The van der Waals surface area contributed by atoms with Crippen LogP contribution in [0.25, 0.3) is 0 Å². The zero-order chi connectivity index (χ0) is 22.3. The molecule has 0 spiro atoms. The van der Waals surface area contributed by atoms with Crippen molar-refractivity contribution in [3.8, 4) is 0 Å². The fraction of sp³-hybridized carbons (Fsp3) is 0.462. The van der Waals surface area contributed by atoms with Gasteiger partial charge in [-0.3, -0.25) is 14.5 Å². The fourth-order valence-corrected chi connectivity index (χ4v) is 5.06. The number of benzene rings is 2. The highest BCUT2D eigenvalue weighted by Crippen LogP contribution is 2.24. The Balaban J connectivity index is 1.36. The highest BCUT2D eigenvalue weighted by atomic mass is 79.9. The van der Waals surface area contributed by atoms with Crippen LogP contribution in [0.3, 0.4) is 0 Å². The standard InChI is InChI=1S/C26H32BrN3O2/c27-21-14-12-19(13-15-21)17-30-16-6-7-20(18-30)25(31)29-24-11-5-4-10-23(24)26(32)28-22-8-2-1-3-9-22/h4-5,10-15,20,22H,1-3,6-9,16-18H2,(H,28,32)(H,29,31). The van der Waals surface area contributed by atoms with E-state index in [0.717, 1.165) is 49.8 Å². The summed E-state index contributed by atoms with van der Waals surface area (Å²) in [4.78, 5) is 28.3. The van der Waals surface area contributed by atoms with Gasteiger partial charge >= 0.3 is 0 Å². The van der Waals surface area contributed by atoms with E-state index in [2.05, 4.69) is 55.7 Å². The number of nitrogens with one attached hydrogen (secondary N) is 2. The minimum absolute atomic E-state index is 0.00317. The monoisotopic (exact) mass is 497 g/mol. The SMILES string of the molecule is O=C(NC1CCCCC1)c1ccccc1NC(=O)C1CCCN(Cc2ccc(Br)cc2)C1.